The maximum Gasteiger partial charge on any atom is 0.324 e. The average molecular weight is 386 g/mol. The van der Waals surface area contributed by atoms with Crippen LogP contribution in [0.3, 0.4) is 0 Å². The van der Waals surface area contributed by atoms with Crippen molar-refractivity contribution in [1.29, 1.82) is 0 Å². The van der Waals surface area contributed by atoms with E-state index in [0.717, 1.165) is 0 Å². The Morgan fingerprint density at radius 1 is 1.15 bits per heavy atom. The monoisotopic (exact) mass is 385 g/mol. The molecule has 4 N–H and O–H groups in total. The standard InChI is InChI=1S/C18H31N3O4S/c1-14(2)11-13-21(17(18(22)25-3)6-4-5-12-19)26(23,24)16-9-7-15(20)8-10-16/h7-10,14,17H,4-6,11-13,19-20H2,1-3H3/t17-/m0/s1. The predicted molar refractivity (Wildman–Crippen MR) is 103 cm³/mol. The van der Waals surface area contributed by atoms with Crippen molar-refractivity contribution in [2.75, 3.05) is 25.9 Å². The molecule has 1 atom stereocenters. The van der Waals surface area contributed by atoms with Crippen LogP contribution in [0.2, 0.25) is 0 Å². The number of ether oxygens (including phenoxy) is 1. The zero-order valence-corrected chi connectivity index (χ0v) is 16.7. The van der Waals surface area contributed by atoms with E-state index in [0.29, 0.717) is 43.8 Å². The minimum atomic E-state index is -3.86. The molecule has 0 aromatic heterocycles. The first-order valence-corrected chi connectivity index (χ1v) is 10.3. The molecule has 0 unspecified atom stereocenters. The third-order valence-corrected chi connectivity index (χ3v) is 6.09. The summed E-state index contributed by atoms with van der Waals surface area (Å²) >= 11 is 0. The highest BCUT2D eigenvalue weighted by atomic mass is 32.2. The Labute approximate surface area is 156 Å². The molecule has 0 amide bonds. The number of nitrogen functional groups attached to an aromatic ring is 1. The summed E-state index contributed by atoms with van der Waals surface area (Å²) in [5, 5.41) is 0. The topological polar surface area (TPSA) is 116 Å². The van der Waals surface area contributed by atoms with Crippen molar-refractivity contribution in [3.63, 3.8) is 0 Å². The molecule has 0 saturated heterocycles. The van der Waals surface area contributed by atoms with Crippen molar-refractivity contribution in [3.8, 4) is 0 Å². The quantitative estimate of drug-likeness (QED) is 0.342. The van der Waals surface area contributed by atoms with Crippen LogP contribution in [0.15, 0.2) is 29.2 Å². The lowest BCUT2D eigenvalue weighted by atomic mass is 10.1. The van der Waals surface area contributed by atoms with Crippen LogP contribution in [-0.4, -0.2) is 44.9 Å². The summed E-state index contributed by atoms with van der Waals surface area (Å²) in [5.74, 6) is -0.258. The maximum atomic E-state index is 13.2. The molecule has 0 fully saturated rings. The van der Waals surface area contributed by atoms with Gasteiger partial charge >= 0.3 is 5.97 Å². The van der Waals surface area contributed by atoms with Crippen molar-refractivity contribution in [1.82, 2.24) is 4.31 Å². The molecule has 148 valence electrons. The van der Waals surface area contributed by atoms with E-state index in [4.69, 9.17) is 16.2 Å². The number of carbonyl (C=O) groups is 1. The van der Waals surface area contributed by atoms with E-state index in [9.17, 15) is 13.2 Å². The molecular formula is C18H31N3O4S. The van der Waals surface area contributed by atoms with Gasteiger partial charge in [-0.05, 0) is 62.4 Å². The van der Waals surface area contributed by atoms with Gasteiger partial charge in [-0.15, -0.1) is 0 Å². The van der Waals surface area contributed by atoms with Gasteiger partial charge < -0.3 is 16.2 Å². The third kappa shape index (κ3) is 6.26. The van der Waals surface area contributed by atoms with Crippen molar-refractivity contribution >= 4 is 21.7 Å². The molecule has 0 radical (unpaired) electrons. The third-order valence-electron chi connectivity index (χ3n) is 4.17. The second kappa shape index (κ2) is 10.5. The number of hydrogen-bond donors (Lipinski definition) is 2. The van der Waals surface area contributed by atoms with Gasteiger partial charge in [-0.3, -0.25) is 4.79 Å². The Kier molecular flexibility index (Phi) is 9.04. The Bertz CT molecular complexity index is 660. The highest BCUT2D eigenvalue weighted by Gasteiger charge is 2.36. The van der Waals surface area contributed by atoms with Crippen molar-refractivity contribution in [2.45, 2.75) is 50.5 Å². The SMILES string of the molecule is COC(=O)[C@H](CCCCN)N(CCC(C)C)S(=O)(=O)c1ccc(N)cc1. The second-order valence-corrected chi connectivity index (χ2v) is 8.58. The fourth-order valence-corrected chi connectivity index (χ4v) is 4.22. The summed E-state index contributed by atoms with van der Waals surface area (Å²) in [4.78, 5) is 12.5. The molecule has 1 rings (SSSR count). The van der Waals surface area contributed by atoms with E-state index in [2.05, 4.69) is 0 Å². The van der Waals surface area contributed by atoms with Gasteiger partial charge in [0, 0.05) is 12.2 Å². The summed E-state index contributed by atoms with van der Waals surface area (Å²) in [6.45, 7) is 4.75. The molecule has 0 saturated carbocycles. The molecule has 26 heavy (non-hydrogen) atoms. The zero-order chi connectivity index (χ0) is 19.7. The number of nitrogens with two attached hydrogens (primary N) is 2. The summed E-state index contributed by atoms with van der Waals surface area (Å²) in [7, 11) is -2.59. The number of sulfonamides is 1. The molecule has 8 heteroatoms. The molecule has 1 aromatic rings. The van der Waals surface area contributed by atoms with Gasteiger partial charge in [0.2, 0.25) is 10.0 Å². The van der Waals surface area contributed by atoms with Crippen LogP contribution < -0.4 is 11.5 Å². The molecule has 0 aliphatic heterocycles. The number of esters is 1. The first-order chi connectivity index (χ1) is 12.2. The van der Waals surface area contributed by atoms with E-state index in [1.165, 1.54) is 35.7 Å². The van der Waals surface area contributed by atoms with Gasteiger partial charge in [0.05, 0.1) is 12.0 Å². The van der Waals surface area contributed by atoms with Crippen LogP contribution in [0.5, 0.6) is 0 Å². The number of benzene rings is 1. The van der Waals surface area contributed by atoms with Gasteiger partial charge in [-0.1, -0.05) is 13.8 Å². The van der Waals surface area contributed by atoms with Gasteiger partial charge in [-0.25, -0.2) is 8.42 Å². The van der Waals surface area contributed by atoms with E-state index in [1.807, 2.05) is 13.8 Å². The predicted octanol–water partition coefficient (Wildman–Crippen LogP) is 1.98. The smallest absolute Gasteiger partial charge is 0.324 e. The van der Waals surface area contributed by atoms with Crippen LogP contribution in [0.25, 0.3) is 0 Å². The van der Waals surface area contributed by atoms with Crippen LogP contribution in [-0.2, 0) is 19.6 Å². The number of unbranched alkanes of at least 4 members (excludes halogenated alkanes) is 1. The number of hydrogen-bond acceptors (Lipinski definition) is 6. The molecule has 1 aromatic carbocycles. The molecule has 0 aliphatic carbocycles. The van der Waals surface area contributed by atoms with Gasteiger partial charge in [0.15, 0.2) is 0 Å². The Balaban J connectivity index is 3.24. The first kappa shape index (κ1) is 22.4. The van der Waals surface area contributed by atoms with Crippen molar-refractivity contribution < 1.29 is 17.9 Å². The number of nitrogens with zero attached hydrogens (tertiary/aromatic N) is 1. The Morgan fingerprint density at radius 3 is 2.27 bits per heavy atom. The molecule has 0 bridgehead atoms. The molecule has 7 nitrogen and oxygen atoms in total. The lowest BCUT2D eigenvalue weighted by molar-refractivity contribution is -0.145. The highest BCUT2D eigenvalue weighted by molar-refractivity contribution is 7.89. The van der Waals surface area contributed by atoms with Crippen LogP contribution in [0.4, 0.5) is 5.69 Å². The largest absolute Gasteiger partial charge is 0.468 e. The normalized spacial score (nSPS) is 13.2. The fraction of sp³-hybridized carbons (Fsp3) is 0.611. The number of anilines is 1. The minimum Gasteiger partial charge on any atom is -0.468 e. The molecule has 0 spiro atoms. The molecule has 0 heterocycles. The zero-order valence-electron chi connectivity index (χ0n) is 15.8. The van der Waals surface area contributed by atoms with E-state index in [-0.39, 0.29) is 11.4 Å². The van der Waals surface area contributed by atoms with Gasteiger partial charge in [0.1, 0.15) is 6.04 Å². The lowest BCUT2D eigenvalue weighted by Crippen LogP contribution is -2.46. The minimum absolute atomic E-state index is 0.114. The average Bonchev–Trinajstić information content (AvgIpc) is 2.59. The van der Waals surface area contributed by atoms with Gasteiger partial charge in [0.25, 0.3) is 0 Å². The van der Waals surface area contributed by atoms with Crippen LogP contribution in [0, 0.1) is 5.92 Å². The van der Waals surface area contributed by atoms with Crippen LogP contribution in [0.1, 0.15) is 39.5 Å². The Morgan fingerprint density at radius 2 is 1.77 bits per heavy atom. The van der Waals surface area contributed by atoms with E-state index < -0.39 is 22.0 Å². The summed E-state index contributed by atoms with van der Waals surface area (Å²) < 4.78 is 32.6. The van der Waals surface area contributed by atoms with Gasteiger partial charge in [-0.2, -0.15) is 4.31 Å². The summed E-state index contributed by atoms with van der Waals surface area (Å²) in [6, 6.07) is 5.13. The highest BCUT2D eigenvalue weighted by Crippen LogP contribution is 2.24. The summed E-state index contributed by atoms with van der Waals surface area (Å²) in [5.41, 5.74) is 11.7. The first-order valence-electron chi connectivity index (χ1n) is 8.89. The second-order valence-electron chi connectivity index (χ2n) is 6.69. The lowest BCUT2D eigenvalue weighted by Gasteiger charge is -2.30. The van der Waals surface area contributed by atoms with Crippen LogP contribution >= 0.6 is 0 Å². The fourth-order valence-electron chi connectivity index (χ4n) is 2.60. The Hall–Kier alpha value is -1.64. The number of carbonyl (C=O) groups excluding carboxylic acids is 1. The van der Waals surface area contributed by atoms with Crippen molar-refractivity contribution in [3.05, 3.63) is 24.3 Å². The molecular weight excluding hydrogens is 354 g/mol. The summed E-state index contributed by atoms with van der Waals surface area (Å²) in [6.07, 6.45) is 2.37. The van der Waals surface area contributed by atoms with Crippen molar-refractivity contribution in [2.24, 2.45) is 11.7 Å². The molecule has 0 aliphatic rings. The number of rotatable bonds is 11. The maximum absolute atomic E-state index is 13.2. The number of methoxy groups -OCH3 is 1. The van der Waals surface area contributed by atoms with E-state index in [1.54, 1.807) is 0 Å². The van der Waals surface area contributed by atoms with E-state index >= 15 is 0 Å².